The Bertz CT molecular complexity index is 654. The molecule has 0 aliphatic heterocycles. The third kappa shape index (κ3) is 3.35. The van der Waals surface area contributed by atoms with Crippen LogP contribution in [0.5, 0.6) is 5.75 Å². The SMILES string of the molecule is COc1cc(C)cc(C(=O)/C=C/c2ccccc2C)c1. The Morgan fingerprint density at radius 3 is 2.55 bits per heavy atom. The third-order valence-electron chi connectivity index (χ3n) is 3.17. The number of carbonyl (C=O) groups excluding carboxylic acids is 1. The number of hydrogen-bond donors (Lipinski definition) is 0. The molecule has 0 saturated carbocycles. The van der Waals surface area contributed by atoms with Crippen molar-refractivity contribution in [2.45, 2.75) is 13.8 Å². The Morgan fingerprint density at radius 2 is 1.85 bits per heavy atom. The van der Waals surface area contributed by atoms with Gasteiger partial charge in [0.25, 0.3) is 0 Å². The van der Waals surface area contributed by atoms with Crippen molar-refractivity contribution in [1.29, 1.82) is 0 Å². The van der Waals surface area contributed by atoms with Crippen molar-refractivity contribution in [3.05, 3.63) is 70.8 Å². The van der Waals surface area contributed by atoms with Crippen molar-refractivity contribution < 1.29 is 9.53 Å². The molecule has 2 nitrogen and oxygen atoms in total. The van der Waals surface area contributed by atoms with Crippen LogP contribution in [0.2, 0.25) is 0 Å². The van der Waals surface area contributed by atoms with Crippen LogP contribution < -0.4 is 4.74 Å². The van der Waals surface area contributed by atoms with Gasteiger partial charge >= 0.3 is 0 Å². The quantitative estimate of drug-likeness (QED) is 0.612. The molecule has 0 saturated heterocycles. The van der Waals surface area contributed by atoms with E-state index in [1.165, 1.54) is 0 Å². The minimum Gasteiger partial charge on any atom is -0.497 e. The number of ketones is 1. The molecule has 2 rings (SSSR count). The molecule has 0 amide bonds. The van der Waals surface area contributed by atoms with E-state index in [0.29, 0.717) is 11.3 Å². The van der Waals surface area contributed by atoms with Crippen molar-refractivity contribution in [2.24, 2.45) is 0 Å². The average Bonchev–Trinajstić information content (AvgIpc) is 2.45. The minimum absolute atomic E-state index is 0.0183. The summed E-state index contributed by atoms with van der Waals surface area (Å²) in [6.07, 6.45) is 3.46. The highest BCUT2D eigenvalue weighted by Gasteiger charge is 2.05. The zero-order chi connectivity index (χ0) is 14.5. The van der Waals surface area contributed by atoms with E-state index >= 15 is 0 Å². The highest BCUT2D eigenvalue weighted by atomic mass is 16.5. The van der Waals surface area contributed by atoms with Crippen LogP contribution in [0.15, 0.2) is 48.5 Å². The first-order valence-electron chi connectivity index (χ1n) is 6.54. The molecule has 0 heterocycles. The lowest BCUT2D eigenvalue weighted by atomic mass is 10.0. The number of rotatable bonds is 4. The first-order valence-corrected chi connectivity index (χ1v) is 6.54. The summed E-state index contributed by atoms with van der Waals surface area (Å²) in [7, 11) is 1.60. The van der Waals surface area contributed by atoms with Gasteiger partial charge in [0, 0.05) is 5.56 Å². The smallest absolute Gasteiger partial charge is 0.185 e. The molecule has 2 heteroatoms. The van der Waals surface area contributed by atoms with E-state index < -0.39 is 0 Å². The maximum absolute atomic E-state index is 12.2. The number of ether oxygens (including phenoxy) is 1. The fourth-order valence-electron chi connectivity index (χ4n) is 2.04. The van der Waals surface area contributed by atoms with E-state index in [-0.39, 0.29) is 5.78 Å². The van der Waals surface area contributed by atoms with E-state index in [4.69, 9.17) is 4.74 Å². The van der Waals surface area contributed by atoms with Crippen molar-refractivity contribution in [3.63, 3.8) is 0 Å². The number of methoxy groups -OCH3 is 1. The zero-order valence-electron chi connectivity index (χ0n) is 12.0. The highest BCUT2D eigenvalue weighted by Crippen LogP contribution is 2.18. The van der Waals surface area contributed by atoms with E-state index in [2.05, 4.69) is 0 Å². The molecule has 0 fully saturated rings. The molecule has 0 N–H and O–H groups in total. The average molecular weight is 266 g/mol. The topological polar surface area (TPSA) is 26.3 Å². The molecule has 2 aromatic carbocycles. The van der Waals surface area contributed by atoms with Crippen LogP contribution in [0, 0.1) is 13.8 Å². The lowest BCUT2D eigenvalue weighted by Crippen LogP contribution is -1.96. The maximum Gasteiger partial charge on any atom is 0.185 e. The van der Waals surface area contributed by atoms with Gasteiger partial charge in [-0.1, -0.05) is 30.3 Å². The Kier molecular flexibility index (Phi) is 4.36. The molecular weight excluding hydrogens is 248 g/mol. The standard InChI is InChI=1S/C18H18O2/c1-13-10-16(12-17(11-13)20-3)18(19)9-8-15-7-5-4-6-14(15)2/h4-12H,1-3H3/b9-8+. The molecule has 0 aliphatic rings. The normalized spacial score (nSPS) is 10.8. The number of aryl methyl sites for hydroxylation is 2. The second kappa shape index (κ2) is 6.20. The van der Waals surface area contributed by atoms with E-state index in [0.717, 1.165) is 16.7 Å². The molecule has 0 aliphatic carbocycles. The third-order valence-corrected chi connectivity index (χ3v) is 3.17. The summed E-state index contributed by atoms with van der Waals surface area (Å²) in [6, 6.07) is 13.5. The number of allylic oxidation sites excluding steroid dienone is 1. The monoisotopic (exact) mass is 266 g/mol. The predicted octanol–water partition coefficient (Wildman–Crippen LogP) is 4.21. The van der Waals surface area contributed by atoms with Crippen LogP contribution in [-0.2, 0) is 0 Å². The molecule has 0 radical (unpaired) electrons. The van der Waals surface area contributed by atoms with Gasteiger partial charge in [-0.3, -0.25) is 4.79 Å². The summed E-state index contributed by atoms with van der Waals surface area (Å²) in [4.78, 5) is 12.2. The highest BCUT2D eigenvalue weighted by molar-refractivity contribution is 6.07. The first kappa shape index (κ1) is 14.1. The molecule has 0 bridgehead atoms. The fourth-order valence-corrected chi connectivity index (χ4v) is 2.04. The maximum atomic E-state index is 12.2. The first-order chi connectivity index (χ1) is 9.60. The van der Waals surface area contributed by atoms with Crippen LogP contribution in [0.1, 0.15) is 27.0 Å². The van der Waals surface area contributed by atoms with Gasteiger partial charge in [0.2, 0.25) is 0 Å². The van der Waals surface area contributed by atoms with Crippen molar-refractivity contribution >= 4 is 11.9 Å². The van der Waals surface area contributed by atoms with Gasteiger partial charge in [0.15, 0.2) is 5.78 Å². The molecule has 0 unspecified atom stereocenters. The Hall–Kier alpha value is -2.35. The summed E-state index contributed by atoms with van der Waals surface area (Å²) in [5.74, 6) is 0.688. The van der Waals surface area contributed by atoms with Gasteiger partial charge in [0.1, 0.15) is 5.75 Å². The zero-order valence-corrected chi connectivity index (χ0v) is 12.0. The number of hydrogen-bond acceptors (Lipinski definition) is 2. The van der Waals surface area contributed by atoms with E-state index in [9.17, 15) is 4.79 Å². The summed E-state index contributed by atoms with van der Waals surface area (Å²) in [5.41, 5.74) is 3.86. The van der Waals surface area contributed by atoms with Gasteiger partial charge in [-0.25, -0.2) is 0 Å². The number of benzene rings is 2. The van der Waals surface area contributed by atoms with Crippen LogP contribution in [0.4, 0.5) is 0 Å². The Balaban J connectivity index is 2.24. The van der Waals surface area contributed by atoms with Crippen molar-refractivity contribution in [2.75, 3.05) is 7.11 Å². The minimum atomic E-state index is -0.0183. The molecule has 2 aromatic rings. The molecule has 0 atom stereocenters. The predicted molar refractivity (Wildman–Crippen MR) is 82.3 cm³/mol. The summed E-state index contributed by atoms with van der Waals surface area (Å²) in [5, 5.41) is 0. The van der Waals surface area contributed by atoms with Crippen LogP contribution >= 0.6 is 0 Å². The van der Waals surface area contributed by atoms with Gasteiger partial charge in [-0.15, -0.1) is 0 Å². The molecule has 102 valence electrons. The van der Waals surface area contributed by atoms with E-state index in [1.807, 2.05) is 56.3 Å². The number of carbonyl (C=O) groups is 1. The van der Waals surface area contributed by atoms with Gasteiger partial charge in [-0.05, 0) is 54.8 Å². The summed E-state index contributed by atoms with van der Waals surface area (Å²) in [6.45, 7) is 3.98. The van der Waals surface area contributed by atoms with E-state index in [1.54, 1.807) is 19.3 Å². The second-order valence-corrected chi connectivity index (χ2v) is 4.79. The molecule has 0 spiro atoms. The van der Waals surface area contributed by atoms with Crippen molar-refractivity contribution in [1.82, 2.24) is 0 Å². The molecule has 20 heavy (non-hydrogen) atoms. The van der Waals surface area contributed by atoms with Gasteiger partial charge in [-0.2, -0.15) is 0 Å². The Labute approximate surface area is 119 Å². The molecule has 0 aromatic heterocycles. The summed E-state index contributed by atoms with van der Waals surface area (Å²) >= 11 is 0. The van der Waals surface area contributed by atoms with Gasteiger partial charge < -0.3 is 4.74 Å². The lowest BCUT2D eigenvalue weighted by Gasteiger charge is -2.04. The lowest BCUT2D eigenvalue weighted by molar-refractivity contribution is 0.104. The Morgan fingerprint density at radius 1 is 1.10 bits per heavy atom. The fraction of sp³-hybridized carbons (Fsp3) is 0.167. The van der Waals surface area contributed by atoms with Crippen LogP contribution in [-0.4, -0.2) is 12.9 Å². The van der Waals surface area contributed by atoms with Crippen molar-refractivity contribution in [3.8, 4) is 5.75 Å². The summed E-state index contributed by atoms with van der Waals surface area (Å²) < 4.78 is 5.19. The van der Waals surface area contributed by atoms with Crippen LogP contribution in [0.25, 0.3) is 6.08 Å². The largest absolute Gasteiger partial charge is 0.497 e. The van der Waals surface area contributed by atoms with Crippen LogP contribution in [0.3, 0.4) is 0 Å². The second-order valence-electron chi connectivity index (χ2n) is 4.79. The molecular formula is C18H18O2. The van der Waals surface area contributed by atoms with Gasteiger partial charge in [0.05, 0.1) is 7.11 Å².